The number of rotatable bonds is 8. The Balaban J connectivity index is 1.44. The minimum absolute atomic E-state index is 0.0913. The van der Waals surface area contributed by atoms with E-state index in [0.717, 1.165) is 47.7 Å². The summed E-state index contributed by atoms with van der Waals surface area (Å²) < 4.78 is 0. The summed E-state index contributed by atoms with van der Waals surface area (Å²) in [6.45, 7) is 5.55. The van der Waals surface area contributed by atoms with Crippen LogP contribution < -0.4 is 10.6 Å². The number of benzene rings is 1. The standard InChI is InChI=1S/C24H32N4O2S/c1-3-19(4-2)23(29)28-14-11-20(12-15-28)26-24(30)27-21-9-7-8-18(16-21)17-31-22-10-5-6-13-25-22/h5-10,13,16,19-20H,3-4,11-12,14-15,17H2,1-2H3,(H2,26,27,30). The Morgan fingerprint density at radius 1 is 1.13 bits per heavy atom. The monoisotopic (exact) mass is 440 g/mol. The Kier molecular flexibility index (Phi) is 8.76. The van der Waals surface area contributed by atoms with Crippen molar-refractivity contribution in [1.29, 1.82) is 0 Å². The molecule has 0 aliphatic carbocycles. The Morgan fingerprint density at radius 2 is 1.90 bits per heavy atom. The molecule has 31 heavy (non-hydrogen) atoms. The van der Waals surface area contributed by atoms with E-state index >= 15 is 0 Å². The molecule has 0 unspecified atom stereocenters. The van der Waals surface area contributed by atoms with E-state index in [9.17, 15) is 9.59 Å². The van der Waals surface area contributed by atoms with Gasteiger partial charge in [0.05, 0.1) is 5.03 Å². The van der Waals surface area contributed by atoms with Crippen molar-refractivity contribution in [2.75, 3.05) is 18.4 Å². The zero-order chi connectivity index (χ0) is 22.1. The summed E-state index contributed by atoms with van der Waals surface area (Å²) in [7, 11) is 0. The van der Waals surface area contributed by atoms with Gasteiger partial charge in [-0.2, -0.15) is 0 Å². The predicted molar refractivity (Wildman–Crippen MR) is 126 cm³/mol. The third-order valence-corrected chi connectivity index (χ3v) is 6.70. The second-order valence-corrected chi connectivity index (χ2v) is 8.86. The fourth-order valence-electron chi connectivity index (χ4n) is 3.82. The van der Waals surface area contributed by atoms with Crippen LogP contribution in [-0.2, 0) is 10.5 Å². The van der Waals surface area contributed by atoms with Crippen LogP contribution in [0.15, 0.2) is 53.7 Å². The van der Waals surface area contributed by atoms with Crippen LogP contribution in [0.3, 0.4) is 0 Å². The zero-order valence-electron chi connectivity index (χ0n) is 18.3. The normalized spacial score (nSPS) is 14.5. The molecular weight excluding hydrogens is 408 g/mol. The molecule has 6 nitrogen and oxygen atoms in total. The number of anilines is 1. The van der Waals surface area contributed by atoms with Gasteiger partial charge in [-0.15, -0.1) is 11.8 Å². The molecule has 0 atom stereocenters. The summed E-state index contributed by atoms with van der Waals surface area (Å²) in [4.78, 5) is 31.3. The molecule has 1 aromatic heterocycles. The van der Waals surface area contributed by atoms with Crippen LogP contribution in [0, 0.1) is 5.92 Å². The van der Waals surface area contributed by atoms with Crippen LogP contribution in [0.2, 0.25) is 0 Å². The van der Waals surface area contributed by atoms with Gasteiger partial charge in [-0.25, -0.2) is 9.78 Å². The van der Waals surface area contributed by atoms with Gasteiger partial charge in [0.1, 0.15) is 0 Å². The number of urea groups is 1. The number of nitrogens with zero attached hydrogens (tertiary/aromatic N) is 2. The van der Waals surface area contributed by atoms with Gasteiger partial charge < -0.3 is 15.5 Å². The lowest BCUT2D eigenvalue weighted by Crippen LogP contribution is -2.48. The summed E-state index contributed by atoms with van der Waals surface area (Å²) in [6, 6.07) is 13.7. The molecule has 1 aromatic carbocycles. The van der Waals surface area contributed by atoms with Crippen molar-refractivity contribution >= 4 is 29.4 Å². The van der Waals surface area contributed by atoms with E-state index < -0.39 is 0 Å². The van der Waals surface area contributed by atoms with Gasteiger partial charge in [-0.3, -0.25) is 4.79 Å². The first-order valence-electron chi connectivity index (χ1n) is 11.1. The predicted octanol–water partition coefficient (Wildman–Crippen LogP) is 4.92. The number of carbonyl (C=O) groups excluding carboxylic acids is 2. The lowest BCUT2D eigenvalue weighted by atomic mass is 9.98. The molecule has 3 amide bonds. The highest BCUT2D eigenvalue weighted by molar-refractivity contribution is 7.98. The number of piperidine rings is 1. The largest absolute Gasteiger partial charge is 0.342 e. The van der Waals surface area contributed by atoms with Crippen molar-refractivity contribution < 1.29 is 9.59 Å². The highest BCUT2D eigenvalue weighted by atomic mass is 32.2. The Morgan fingerprint density at radius 3 is 2.58 bits per heavy atom. The summed E-state index contributed by atoms with van der Waals surface area (Å²) >= 11 is 1.67. The van der Waals surface area contributed by atoms with Gasteiger partial charge in [0.2, 0.25) is 5.91 Å². The van der Waals surface area contributed by atoms with Gasteiger partial charge in [0, 0.05) is 42.7 Å². The van der Waals surface area contributed by atoms with E-state index in [-0.39, 0.29) is 23.9 Å². The quantitative estimate of drug-likeness (QED) is 0.571. The molecule has 1 aliphatic heterocycles. The first-order valence-corrected chi connectivity index (χ1v) is 12.1. The zero-order valence-corrected chi connectivity index (χ0v) is 19.2. The van der Waals surface area contributed by atoms with Crippen molar-refractivity contribution in [3.8, 4) is 0 Å². The van der Waals surface area contributed by atoms with Crippen LogP contribution in [0.5, 0.6) is 0 Å². The van der Waals surface area contributed by atoms with Crippen molar-refractivity contribution in [1.82, 2.24) is 15.2 Å². The van der Waals surface area contributed by atoms with Crippen LogP contribution >= 0.6 is 11.8 Å². The minimum atomic E-state index is -0.195. The number of amides is 3. The van der Waals surface area contributed by atoms with Crippen molar-refractivity contribution in [2.45, 2.75) is 56.4 Å². The molecule has 2 heterocycles. The SMILES string of the molecule is CCC(CC)C(=O)N1CCC(NC(=O)Nc2cccc(CSc3ccccn3)c2)CC1. The molecule has 3 rings (SSSR count). The smallest absolute Gasteiger partial charge is 0.319 e. The molecule has 1 aliphatic rings. The Bertz CT molecular complexity index is 850. The summed E-state index contributed by atoms with van der Waals surface area (Å²) in [5.74, 6) is 1.17. The van der Waals surface area contributed by atoms with Gasteiger partial charge in [-0.1, -0.05) is 32.0 Å². The van der Waals surface area contributed by atoms with E-state index in [2.05, 4.69) is 29.5 Å². The average molecular weight is 441 g/mol. The highest BCUT2D eigenvalue weighted by Crippen LogP contribution is 2.22. The molecule has 0 spiro atoms. The minimum Gasteiger partial charge on any atom is -0.342 e. The van der Waals surface area contributed by atoms with Gasteiger partial charge >= 0.3 is 6.03 Å². The number of pyridine rings is 1. The molecule has 166 valence electrons. The van der Waals surface area contributed by atoms with Crippen molar-refractivity contribution in [3.05, 3.63) is 54.2 Å². The summed E-state index contributed by atoms with van der Waals surface area (Å²) in [6.07, 6.45) is 5.14. The lowest BCUT2D eigenvalue weighted by Gasteiger charge is -2.34. The van der Waals surface area contributed by atoms with Crippen LogP contribution in [0.25, 0.3) is 0 Å². The molecule has 0 saturated carbocycles. The summed E-state index contributed by atoms with van der Waals surface area (Å²) in [5.41, 5.74) is 1.90. The van der Waals surface area contributed by atoms with E-state index in [1.54, 1.807) is 18.0 Å². The molecular formula is C24H32N4O2S. The van der Waals surface area contributed by atoms with Gasteiger partial charge in [-0.05, 0) is 55.5 Å². The summed E-state index contributed by atoms with van der Waals surface area (Å²) in [5, 5.41) is 6.98. The van der Waals surface area contributed by atoms with Crippen molar-refractivity contribution in [2.24, 2.45) is 5.92 Å². The average Bonchev–Trinajstić information content (AvgIpc) is 2.80. The van der Waals surface area contributed by atoms with Crippen LogP contribution in [-0.4, -0.2) is 41.0 Å². The molecule has 2 aromatic rings. The first kappa shape index (κ1) is 23.1. The van der Waals surface area contributed by atoms with Crippen LogP contribution in [0.4, 0.5) is 10.5 Å². The lowest BCUT2D eigenvalue weighted by molar-refractivity contribution is -0.136. The number of likely N-dealkylation sites (tertiary alicyclic amines) is 1. The fraction of sp³-hybridized carbons (Fsp3) is 0.458. The molecule has 2 N–H and O–H groups in total. The molecule has 0 radical (unpaired) electrons. The number of hydrogen-bond acceptors (Lipinski definition) is 4. The fourth-order valence-corrected chi connectivity index (χ4v) is 4.63. The van der Waals surface area contributed by atoms with E-state index in [0.29, 0.717) is 13.1 Å². The third kappa shape index (κ3) is 6.99. The number of nitrogens with one attached hydrogen (secondary N) is 2. The molecule has 1 fully saturated rings. The van der Waals surface area contributed by atoms with Gasteiger partial charge in [0.25, 0.3) is 0 Å². The molecule has 7 heteroatoms. The Labute approximate surface area is 189 Å². The molecule has 0 bridgehead atoms. The first-order chi connectivity index (χ1) is 15.1. The number of thioether (sulfide) groups is 1. The number of aromatic nitrogens is 1. The third-order valence-electron chi connectivity index (χ3n) is 5.69. The second-order valence-electron chi connectivity index (χ2n) is 7.87. The van der Waals surface area contributed by atoms with E-state index in [1.807, 2.05) is 47.4 Å². The second kappa shape index (κ2) is 11.7. The number of carbonyl (C=O) groups is 2. The van der Waals surface area contributed by atoms with E-state index in [4.69, 9.17) is 0 Å². The maximum absolute atomic E-state index is 12.5. The molecule has 1 saturated heterocycles. The van der Waals surface area contributed by atoms with Crippen molar-refractivity contribution in [3.63, 3.8) is 0 Å². The van der Waals surface area contributed by atoms with Crippen LogP contribution in [0.1, 0.15) is 45.1 Å². The highest BCUT2D eigenvalue weighted by Gasteiger charge is 2.27. The number of hydrogen-bond donors (Lipinski definition) is 2. The van der Waals surface area contributed by atoms with E-state index in [1.165, 1.54) is 0 Å². The topological polar surface area (TPSA) is 74.3 Å². The maximum atomic E-state index is 12.5. The van der Waals surface area contributed by atoms with Gasteiger partial charge in [0.15, 0.2) is 0 Å². The Hall–Kier alpha value is -2.54. The maximum Gasteiger partial charge on any atom is 0.319 e.